The van der Waals surface area contributed by atoms with Gasteiger partial charge in [-0.3, -0.25) is 4.79 Å². The highest BCUT2D eigenvalue weighted by atomic mass is 35.5. The van der Waals surface area contributed by atoms with Crippen molar-refractivity contribution in [1.29, 1.82) is 0 Å². The number of halogens is 1. The van der Waals surface area contributed by atoms with Crippen LogP contribution in [0.25, 0.3) is 0 Å². The first kappa shape index (κ1) is 13.1. The zero-order chi connectivity index (χ0) is 13.0. The highest BCUT2D eigenvalue weighted by Crippen LogP contribution is 2.10. The van der Waals surface area contributed by atoms with Crippen molar-refractivity contribution in [2.75, 3.05) is 6.54 Å². The summed E-state index contributed by atoms with van der Waals surface area (Å²) in [6.07, 6.45) is 0.840. The topological polar surface area (TPSA) is 42.0 Å². The molecule has 0 radical (unpaired) electrons. The molecule has 0 atom stereocenters. The Morgan fingerprint density at radius 3 is 3.00 bits per heavy atom. The van der Waals surface area contributed by atoms with E-state index in [9.17, 15) is 4.79 Å². The standard InChI is InChI=1S/C13H13ClN2OS/c1-9-6-11(7-12(14)16-9)13(17)15-4-2-10-3-5-18-8-10/h3,5-8H,2,4H2,1H3,(H,15,17). The average molecular weight is 281 g/mol. The predicted octanol–water partition coefficient (Wildman–Crippen LogP) is 3.08. The Hall–Kier alpha value is -1.39. The number of amides is 1. The second-order valence-corrected chi connectivity index (χ2v) is 5.12. The van der Waals surface area contributed by atoms with Crippen LogP contribution in [0.2, 0.25) is 5.15 Å². The minimum Gasteiger partial charge on any atom is -0.352 e. The average Bonchev–Trinajstić information content (AvgIpc) is 2.80. The summed E-state index contributed by atoms with van der Waals surface area (Å²) < 4.78 is 0. The summed E-state index contributed by atoms with van der Waals surface area (Å²) in [7, 11) is 0. The van der Waals surface area contributed by atoms with Crippen LogP contribution in [0.1, 0.15) is 21.6 Å². The predicted molar refractivity (Wildman–Crippen MR) is 74.3 cm³/mol. The highest BCUT2D eigenvalue weighted by Gasteiger charge is 2.07. The van der Waals surface area contributed by atoms with Crippen LogP contribution in [0.3, 0.4) is 0 Å². The van der Waals surface area contributed by atoms with E-state index in [1.165, 1.54) is 5.56 Å². The molecule has 3 nitrogen and oxygen atoms in total. The molecule has 0 aromatic carbocycles. The first-order chi connectivity index (χ1) is 8.65. The molecule has 0 spiro atoms. The molecule has 0 aliphatic heterocycles. The lowest BCUT2D eigenvalue weighted by Gasteiger charge is -2.05. The molecule has 0 aliphatic carbocycles. The Kier molecular flexibility index (Phi) is 4.33. The summed E-state index contributed by atoms with van der Waals surface area (Å²) in [4.78, 5) is 15.9. The van der Waals surface area contributed by atoms with Gasteiger partial charge in [0, 0.05) is 17.8 Å². The van der Waals surface area contributed by atoms with Gasteiger partial charge >= 0.3 is 0 Å². The van der Waals surface area contributed by atoms with Crippen LogP contribution in [0, 0.1) is 6.92 Å². The van der Waals surface area contributed by atoms with Crippen LogP contribution in [-0.4, -0.2) is 17.4 Å². The molecule has 0 saturated carbocycles. The summed E-state index contributed by atoms with van der Waals surface area (Å²) in [5, 5.41) is 7.33. The summed E-state index contributed by atoms with van der Waals surface area (Å²) in [6, 6.07) is 5.37. The molecule has 1 N–H and O–H groups in total. The quantitative estimate of drug-likeness (QED) is 0.875. The van der Waals surface area contributed by atoms with Gasteiger partial charge < -0.3 is 5.32 Å². The minimum atomic E-state index is -0.113. The molecular formula is C13H13ClN2OS. The fourth-order valence-corrected chi connectivity index (χ4v) is 2.57. The fraction of sp³-hybridized carbons (Fsp3) is 0.231. The maximum Gasteiger partial charge on any atom is 0.251 e. The molecule has 5 heteroatoms. The van der Waals surface area contributed by atoms with Gasteiger partial charge in [-0.05, 0) is 47.9 Å². The number of nitrogens with zero attached hydrogens (tertiary/aromatic N) is 1. The van der Waals surface area contributed by atoms with E-state index in [0.29, 0.717) is 17.3 Å². The largest absolute Gasteiger partial charge is 0.352 e. The van der Waals surface area contributed by atoms with E-state index >= 15 is 0 Å². The van der Waals surface area contributed by atoms with Crippen LogP contribution in [0.5, 0.6) is 0 Å². The van der Waals surface area contributed by atoms with Gasteiger partial charge in [-0.15, -0.1) is 0 Å². The van der Waals surface area contributed by atoms with Crippen molar-refractivity contribution in [2.24, 2.45) is 0 Å². The highest BCUT2D eigenvalue weighted by molar-refractivity contribution is 7.07. The molecule has 2 aromatic heterocycles. The molecule has 2 rings (SSSR count). The number of hydrogen-bond acceptors (Lipinski definition) is 3. The Labute approximate surface area is 115 Å². The molecule has 0 fully saturated rings. The maximum absolute atomic E-state index is 11.9. The van der Waals surface area contributed by atoms with E-state index in [2.05, 4.69) is 21.7 Å². The SMILES string of the molecule is Cc1cc(C(=O)NCCc2ccsc2)cc(Cl)n1. The van der Waals surface area contributed by atoms with E-state index in [4.69, 9.17) is 11.6 Å². The Morgan fingerprint density at radius 2 is 2.33 bits per heavy atom. The summed E-state index contributed by atoms with van der Waals surface area (Å²) in [5.74, 6) is -0.113. The number of pyridine rings is 1. The lowest BCUT2D eigenvalue weighted by atomic mass is 10.2. The Balaban J connectivity index is 1.91. The molecule has 0 aliphatic rings. The number of thiophene rings is 1. The Morgan fingerprint density at radius 1 is 1.50 bits per heavy atom. The van der Waals surface area contributed by atoms with Gasteiger partial charge in [0.2, 0.25) is 0 Å². The zero-order valence-corrected chi connectivity index (χ0v) is 11.5. The van der Waals surface area contributed by atoms with Crippen molar-refractivity contribution in [1.82, 2.24) is 10.3 Å². The van der Waals surface area contributed by atoms with Gasteiger partial charge in [0.15, 0.2) is 0 Å². The normalized spacial score (nSPS) is 10.3. The van der Waals surface area contributed by atoms with Crippen molar-refractivity contribution in [2.45, 2.75) is 13.3 Å². The number of aryl methyl sites for hydroxylation is 1. The monoisotopic (exact) mass is 280 g/mol. The number of carbonyl (C=O) groups excluding carboxylic acids is 1. The van der Waals surface area contributed by atoms with Gasteiger partial charge in [-0.25, -0.2) is 4.98 Å². The van der Waals surface area contributed by atoms with Crippen LogP contribution in [0.4, 0.5) is 0 Å². The lowest BCUT2D eigenvalue weighted by Crippen LogP contribution is -2.25. The molecule has 94 valence electrons. The van der Waals surface area contributed by atoms with E-state index < -0.39 is 0 Å². The van der Waals surface area contributed by atoms with Crippen molar-refractivity contribution in [3.63, 3.8) is 0 Å². The van der Waals surface area contributed by atoms with Crippen molar-refractivity contribution in [3.8, 4) is 0 Å². The number of carbonyl (C=O) groups is 1. The molecule has 0 saturated heterocycles. The van der Waals surface area contributed by atoms with Crippen LogP contribution in [0.15, 0.2) is 29.0 Å². The van der Waals surface area contributed by atoms with Crippen molar-refractivity contribution >= 4 is 28.8 Å². The first-order valence-corrected chi connectivity index (χ1v) is 6.90. The van der Waals surface area contributed by atoms with Gasteiger partial charge in [0.1, 0.15) is 5.15 Å². The summed E-state index contributed by atoms with van der Waals surface area (Å²) in [6.45, 7) is 2.43. The van der Waals surface area contributed by atoms with E-state index in [0.717, 1.165) is 12.1 Å². The molecule has 0 bridgehead atoms. The molecule has 2 heterocycles. The summed E-state index contributed by atoms with van der Waals surface area (Å²) in [5.41, 5.74) is 2.53. The Bertz CT molecular complexity index is 520. The number of rotatable bonds is 4. The van der Waals surface area contributed by atoms with Gasteiger partial charge in [0.25, 0.3) is 5.91 Å². The van der Waals surface area contributed by atoms with Crippen molar-refractivity contribution in [3.05, 3.63) is 50.9 Å². The first-order valence-electron chi connectivity index (χ1n) is 5.58. The fourth-order valence-electron chi connectivity index (χ4n) is 1.62. The minimum absolute atomic E-state index is 0.113. The third-order valence-electron chi connectivity index (χ3n) is 2.46. The molecule has 2 aromatic rings. The zero-order valence-electron chi connectivity index (χ0n) is 9.94. The van der Waals surface area contributed by atoms with Crippen LogP contribution >= 0.6 is 22.9 Å². The second-order valence-electron chi connectivity index (χ2n) is 3.96. The van der Waals surface area contributed by atoms with Crippen LogP contribution < -0.4 is 5.32 Å². The van der Waals surface area contributed by atoms with Gasteiger partial charge in [-0.1, -0.05) is 11.6 Å². The molecule has 18 heavy (non-hydrogen) atoms. The second kappa shape index (κ2) is 5.98. The number of hydrogen-bond donors (Lipinski definition) is 1. The smallest absolute Gasteiger partial charge is 0.251 e. The summed E-state index contributed by atoms with van der Waals surface area (Å²) >= 11 is 7.48. The van der Waals surface area contributed by atoms with Gasteiger partial charge in [0.05, 0.1) is 0 Å². The van der Waals surface area contributed by atoms with Crippen LogP contribution in [-0.2, 0) is 6.42 Å². The molecular weight excluding hydrogens is 268 g/mol. The third-order valence-corrected chi connectivity index (χ3v) is 3.39. The van der Waals surface area contributed by atoms with E-state index in [1.54, 1.807) is 23.5 Å². The lowest BCUT2D eigenvalue weighted by molar-refractivity contribution is 0.0954. The van der Waals surface area contributed by atoms with Crippen molar-refractivity contribution < 1.29 is 4.79 Å². The third kappa shape index (κ3) is 3.55. The number of aromatic nitrogens is 1. The molecule has 0 unspecified atom stereocenters. The number of nitrogens with one attached hydrogen (secondary N) is 1. The van der Waals surface area contributed by atoms with Gasteiger partial charge in [-0.2, -0.15) is 11.3 Å². The van der Waals surface area contributed by atoms with E-state index in [-0.39, 0.29) is 5.91 Å². The maximum atomic E-state index is 11.9. The van der Waals surface area contributed by atoms with E-state index in [1.807, 2.05) is 12.3 Å². The molecule has 1 amide bonds.